The van der Waals surface area contributed by atoms with Crippen LogP contribution in [-0.4, -0.2) is 4.98 Å². The number of benzene rings is 1. The maximum atomic E-state index is 5.97. The van der Waals surface area contributed by atoms with Crippen molar-refractivity contribution in [2.75, 3.05) is 5.32 Å². The summed E-state index contributed by atoms with van der Waals surface area (Å²) in [7, 11) is 0. The highest BCUT2D eigenvalue weighted by Crippen LogP contribution is 2.17. The normalized spacial score (nSPS) is 9.93. The van der Waals surface area contributed by atoms with E-state index >= 15 is 0 Å². The molecule has 15 heavy (non-hydrogen) atoms. The van der Waals surface area contributed by atoms with Crippen LogP contribution < -0.4 is 5.32 Å². The molecule has 0 saturated carbocycles. The number of rotatable bonds is 3. The molecule has 0 unspecified atom stereocenters. The van der Waals surface area contributed by atoms with E-state index in [1.165, 1.54) is 5.56 Å². The molecule has 0 amide bonds. The van der Waals surface area contributed by atoms with Gasteiger partial charge in [0.2, 0.25) is 0 Å². The minimum Gasteiger partial charge on any atom is -0.365 e. The van der Waals surface area contributed by atoms with Crippen molar-refractivity contribution < 1.29 is 0 Å². The number of hydrogen-bond acceptors (Lipinski definition) is 2. The summed E-state index contributed by atoms with van der Waals surface area (Å²) < 4.78 is 0. The molecule has 0 aliphatic heterocycles. The number of hydrogen-bond donors (Lipinski definition) is 1. The molecule has 3 heteroatoms. The summed E-state index contributed by atoms with van der Waals surface area (Å²) in [5.74, 6) is 0.725. The summed E-state index contributed by atoms with van der Waals surface area (Å²) in [6.45, 7) is 0.734. The molecule has 2 aromatic rings. The first-order valence-corrected chi connectivity index (χ1v) is 5.12. The van der Waals surface area contributed by atoms with E-state index in [9.17, 15) is 0 Å². The quantitative estimate of drug-likeness (QED) is 0.855. The number of anilines is 1. The molecule has 0 radical (unpaired) electrons. The lowest BCUT2D eigenvalue weighted by atomic mass is 10.2. The molecule has 0 atom stereocenters. The molecular formula is C12H11ClN2. The molecule has 0 bridgehead atoms. The SMILES string of the molecule is Clc1cccnc1NCc1ccccc1. The van der Waals surface area contributed by atoms with Crippen molar-refractivity contribution in [1.82, 2.24) is 4.98 Å². The molecule has 2 nitrogen and oxygen atoms in total. The Hall–Kier alpha value is -1.54. The van der Waals surface area contributed by atoms with E-state index < -0.39 is 0 Å². The molecule has 76 valence electrons. The molecule has 2 rings (SSSR count). The minimum absolute atomic E-state index is 0.647. The summed E-state index contributed by atoms with van der Waals surface area (Å²) in [6.07, 6.45) is 1.72. The Kier molecular flexibility index (Phi) is 3.20. The largest absolute Gasteiger partial charge is 0.365 e. The zero-order chi connectivity index (χ0) is 10.5. The smallest absolute Gasteiger partial charge is 0.145 e. The fourth-order valence-electron chi connectivity index (χ4n) is 1.30. The summed E-state index contributed by atoms with van der Waals surface area (Å²) in [5.41, 5.74) is 1.21. The maximum absolute atomic E-state index is 5.97. The number of aromatic nitrogens is 1. The van der Waals surface area contributed by atoms with E-state index in [1.54, 1.807) is 6.20 Å². The van der Waals surface area contributed by atoms with Crippen molar-refractivity contribution in [2.24, 2.45) is 0 Å². The topological polar surface area (TPSA) is 24.9 Å². The van der Waals surface area contributed by atoms with Gasteiger partial charge in [-0.15, -0.1) is 0 Å². The van der Waals surface area contributed by atoms with Crippen LogP contribution >= 0.6 is 11.6 Å². The Bertz CT molecular complexity index is 429. The molecule has 1 aromatic carbocycles. The Morgan fingerprint density at radius 2 is 1.87 bits per heavy atom. The molecule has 0 aliphatic rings. The molecule has 0 spiro atoms. The van der Waals surface area contributed by atoms with Crippen molar-refractivity contribution in [2.45, 2.75) is 6.54 Å². The van der Waals surface area contributed by atoms with Crippen LogP contribution in [0, 0.1) is 0 Å². The van der Waals surface area contributed by atoms with Crippen LogP contribution in [0.5, 0.6) is 0 Å². The van der Waals surface area contributed by atoms with E-state index in [2.05, 4.69) is 22.4 Å². The molecule has 0 aliphatic carbocycles. The maximum Gasteiger partial charge on any atom is 0.145 e. The van der Waals surface area contributed by atoms with Gasteiger partial charge in [-0.25, -0.2) is 4.98 Å². The van der Waals surface area contributed by atoms with Crippen LogP contribution in [0.3, 0.4) is 0 Å². The van der Waals surface area contributed by atoms with Crippen LogP contribution in [0.15, 0.2) is 48.7 Å². The zero-order valence-electron chi connectivity index (χ0n) is 8.15. The first kappa shape index (κ1) is 9.99. The van der Waals surface area contributed by atoms with Gasteiger partial charge in [-0.3, -0.25) is 0 Å². The second-order valence-electron chi connectivity index (χ2n) is 3.17. The lowest BCUT2D eigenvalue weighted by molar-refractivity contribution is 1.11. The first-order chi connectivity index (χ1) is 7.36. The summed E-state index contributed by atoms with van der Waals surface area (Å²) >= 11 is 5.97. The Labute approximate surface area is 93.9 Å². The summed E-state index contributed by atoms with van der Waals surface area (Å²) in [6, 6.07) is 13.8. The summed E-state index contributed by atoms with van der Waals surface area (Å²) in [5, 5.41) is 3.83. The van der Waals surface area contributed by atoms with Crippen molar-refractivity contribution in [3.05, 3.63) is 59.2 Å². The molecule has 1 aromatic heterocycles. The highest BCUT2D eigenvalue weighted by atomic mass is 35.5. The molecule has 0 fully saturated rings. The van der Waals surface area contributed by atoms with Gasteiger partial charge in [0.25, 0.3) is 0 Å². The van der Waals surface area contributed by atoms with Gasteiger partial charge in [0.1, 0.15) is 5.82 Å². The van der Waals surface area contributed by atoms with E-state index in [0.717, 1.165) is 12.4 Å². The van der Waals surface area contributed by atoms with Gasteiger partial charge in [-0.05, 0) is 17.7 Å². The fourth-order valence-corrected chi connectivity index (χ4v) is 1.49. The van der Waals surface area contributed by atoms with Crippen LogP contribution in [0.4, 0.5) is 5.82 Å². The standard InChI is InChI=1S/C12H11ClN2/c13-11-7-4-8-14-12(11)15-9-10-5-2-1-3-6-10/h1-8H,9H2,(H,14,15). The van der Waals surface area contributed by atoms with Crippen LogP contribution in [0.25, 0.3) is 0 Å². The predicted molar refractivity (Wildman–Crippen MR) is 63.0 cm³/mol. The van der Waals surface area contributed by atoms with Gasteiger partial charge >= 0.3 is 0 Å². The van der Waals surface area contributed by atoms with Crippen molar-refractivity contribution in [3.63, 3.8) is 0 Å². The Morgan fingerprint density at radius 3 is 2.60 bits per heavy atom. The number of halogens is 1. The molecule has 0 saturated heterocycles. The lowest BCUT2D eigenvalue weighted by Gasteiger charge is -2.06. The Morgan fingerprint density at radius 1 is 1.07 bits per heavy atom. The van der Waals surface area contributed by atoms with E-state index in [1.807, 2.05) is 30.3 Å². The highest BCUT2D eigenvalue weighted by molar-refractivity contribution is 6.32. The van der Waals surface area contributed by atoms with Crippen molar-refractivity contribution in [1.29, 1.82) is 0 Å². The van der Waals surface area contributed by atoms with Crippen LogP contribution in [0.2, 0.25) is 5.02 Å². The molecular weight excluding hydrogens is 208 g/mol. The second kappa shape index (κ2) is 4.80. The minimum atomic E-state index is 0.647. The highest BCUT2D eigenvalue weighted by Gasteiger charge is 1.98. The monoisotopic (exact) mass is 218 g/mol. The van der Waals surface area contributed by atoms with Gasteiger partial charge < -0.3 is 5.32 Å². The van der Waals surface area contributed by atoms with Crippen LogP contribution in [-0.2, 0) is 6.54 Å². The number of nitrogens with zero attached hydrogens (tertiary/aromatic N) is 1. The zero-order valence-corrected chi connectivity index (χ0v) is 8.91. The van der Waals surface area contributed by atoms with Gasteiger partial charge in [0, 0.05) is 12.7 Å². The predicted octanol–water partition coefficient (Wildman–Crippen LogP) is 3.35. The second-order valence-corrected chi connectivity index (χ2v) is 3.58. The third kappa shape index (κ3) is 2.70. The fraction of sp³-hybridized carbons (Fsp3) is 0.0833. The van der Waals surface area contributed by atoms with E-state index in [4.69, 9.17) is 11.6 Å². The third-order valence-electron chi connectivity index (χ3n) is 2.06. The van der Waals surface area contributed by atoms with Gasteiger partial charge in [0.05, 0.1) is 5.02 Å². The third-order valence-corrected chi connectivity index (χ3v) is 2.37. The average molecular weight is 219 g/mol. The van der Waals surface area contributed by atoms with Gasteiger partial charge in [-0.1, -0.05) is 41.9 Å². The van der Waals surface area contributed by atoms with Gasteiger partial charge in [0.15, 0.2) is 0 Å². The number of pyridine rings is 1. The van der Waals surface area contributed by atoms with E-state index in [0.29, 0.717) is 5.02 Å². The van der Waals surface area contributed by atoms with E-state index in [-0.39, 0.29) is 0 Å². The van der Waals surface area contributed by atoms with Gasteiger partial charge in [-0.2, -0.15) is 0 Å². The summed E-state index contributed by atoms with van der Waals surface area (Å²) in [4.78, 5) is 4.15. The number of nitrogens with one attached hydrogen (secondary N) is 1. The molecule has 1 N–H and O–H groups in total. The van der Waals surface area contributed by atoms with Crippen molar-refractivity contribution in [3.8, 4) is 0 Å². The van der Waals surface area contributed by atoms with Crippen molar-refractivity contribution >= 4 is 17.4 Å². The average Bonchev–Trinajstić information content (AvgIpc) is 2.29. The first-order valence-electron chi connectivity index (χ1n) is 4.74. The Balaban J connectivity index is 2.03. The van der Waals surface area contributed by atoms with Crippen LogP contribution in [0.1, 0.15) is 5.56 Å². The molecule has 1 heterocycles. The lowest BCUT2D eigenvalue weighted by Crippen LogP contribution is -2.01.